The molecule has 0 spiro atoms. The average Bonchev–Trinajstić information content (AvgIpc) is 3.43. The molecule has 36 heavy (non-hydrogen) atoms. The maximum atomic E-state index is 13.6. The predicted molar refractivity (Wildman–Crippen MR) is 142 cm³/mol. The third-order valence-electron chi connectivity index (χ3n) is 6.14. The van der Waals surface area contributed by atoms with Crippen molar-refractivity contribution < 1.29 is 14.4 Å². The molecule has 3 heterocycles. The summed E-state index contributed by atoms with van der Waals surface area (Å²) in [5.74, 6) is -0.663. The van der Waals surface area contributed by atoms with E-state index in [0.29, 0.717) is 28.6 Å². The lowest BCUT2D eigenvalue weighted by molar-refractivity contribution is -0.124. The van der Waals surface area contributed by atoms with E-state index in [-0.39, 0.29) is 24.0 Å². The molecule has 4 aromatic rings. The zero-order valence-electron chi connectivity index (χ0n) is 19.5. The van der Waals surface area contributed by atoms with Gasteiger partial charge in [-0.2, -0.15) is 0 Å². The van der Waals surface area contributed by atoms with Crippen molar-refractivity contribution >= 4 is 57.2 Å². The van der Waals surface area contributed by atoms with E-state index in [1.165, 1.54) is 11.8 Å². The Morgan fingerprint density at radius 2 is 1.92 bits per heavy atom. The molecule has 5 rings (SSSR count). The van der Waals surface area contributed by atoms with Gasteiger partial charge in [0.15, 0.2) is 10.9 Å². The van der Waals surface area contributed by atoms with Gasteiger partial charge in [0.2, 0.25) is 5.91 Å². The van der Waals surface area contributed by atoms with Crippen molar-refractivity contribution in [2.75, 3.05) is 10.2 Å². The normalized spacial score (nSPS) is 15.5. The molecule has 2 aromatic carbocycles. The number of Topliss-reactive ketones (excluding diaryl/α,β-unsaturated/α-hetero) is 1. The van der Waals surface area contributed by atoms with Crippen molar-refractivity contribution in [1.29, 1.82) is 0 Å². The van der Waals surface area contributed by atoms with Crippen LogP contribution in [0.25, 0.3) is 10.9 Å². The number of nitrogens with one attached hydrogen (secondary N) is 2. The molecule has 1 atom stereocenters. The highest BCUT2D eigenvalue weighted by molar-refractivity contribution is 7.80. The van der Waals surface area contributed by atoms with Crippen LogP contribution in [0.1, 0.15) is 29.3 Å². The topological polar surface area (TPSA) is 98.4 Å². The number of nitrogens with zero attached hydrogens (tertiary/aromatic N) is 3. The van der Waals surface area contributed by atoms with Gasteiger partial charge in [0.25, 0.3) is 5.91 Å². The van der Waals surface area contributed by atoms with Crippen LogP contribution in [0.4, 0.5) is 11.4 Å². The number of rotatable bonds is 7. The maximum absolute atomic E-state index is 13.6. The largest absolute Gasteiger partial charge is 0.361 e. The van der Waals surface area contributed by atoms with E-state index in [1.807, 2.05) is 42.6 Å². The van der Waals surface area contributed by atoms with Gasteiger partial charge >= 0.3 is 0 Å². The van der Waals surface area contributed by atoms with E-state index in [9.17, 15) is 14.4 Å². The molecule has 0 aliphatic carbocycles. The molecule has 1 saturated heterocycles. The van der Waals surface area contributed by atoms with E-state index >= 15 is 0 Å². The lowest BCUT2D eigenvalue weighted by Gasteiger charge is -2.24. The van der Waals surface area contributed by atoms with Gasteiger partial charge in [-0.15, -0.1) is 0 Å². The summed E-state index contributed by atoms with van der Waals surface area (Å²) in [5.41, 5.74) is 3.50. The van der Waals surface area contributed by atoms with Gasteiger partial charge < -0.3 is 15.2 Å². The number of hydrogen-bond acceptors (Lipinski definition) is 5. The first kappa shape index (κ1) is 23.4. The van der Waals surface area contributed by atoms with Crippen molar-refractivity contribution in [2.24, 2.45) is 0 Å². The summed E-state index contributed by atoms with van der Waals surface area (Å²) in [5, 5.41) is 4.23. The molecule has 9 heteroatoms. The zero-order valence-corrected chi connectivity index (χ0v) is 20.3. The SMILES string of the molecule is CC(=O)c1ccc(N2C(=O)C(CC(=O)Nc3ccc4cc[nH]c4c3)N(Cc3cccnc3)C2=S)cc1. The fourth-order valence-corrected chi connectivity index (χ4v) is 4.69. The number of benzene rings is 2. The Labute approximate surface area is 212 Å². The van der Waals surface area contributed by atoms with Crippen LogP contribution in [0.3, 0.4) is 0 Å². The summed E-state index contributed by atoms with van der Waals surface area (Å²) in [4.78, 5) is 48.8. The van der Waals surface area contributed by atoms with Gasteiger partial charge in [-0.25, -0.2) is 0 Å². The summed E-state index contributed by atoms with van der Waals surface area (Å²) >= 11 is 5.72. The Morgan fingerprint density at radius 1 is 1.11 bits per heavy atom. The third kappa shape index (κ3) is 4.60. The molecule has 2 amide bonds. The summed E-state index contributed by atoms with van der Waals surface area (Å²) < 4.78 is 0. The van der Waals surface area contributed by atoms with E-state index < -0.39 is 6.04 Å². The molecule has 2 N–H and O–H groups in total. The van der Waals surface area contributed by atoms with E-state index in [0.717, 1.165) is 16.5 Å². The summed E-state index contributed by atoms with van der Waals surface area (Å²) in [7, 11) is 0. The minimum atomic E-state index is -0.792. The first-order chi connectivity index (χ1) is 17.4. The second-order valence-corrected chi connectivity index (χ2v) is 8.96. The van der Waals surface area contributed by atoms with Crippen LogP contribution >= 0.6 is 12.2 Å². The number of aromatic amines is 1. The van der Waals surface area contributed by atoms with Gasteiger partial charge in [-0.1, -0.05) is 12.1 Å². The molecule has 1 fully saturated rings. The Balaban J connectivity index is 1.40. The monoisotopic (exact) mass is 497 g/mol. The molecule has 0 saturated carbocycles. The van der Waals surface area contributed by atoms with Gasteiger partial charge in [-0.05, 0) is 78.6 Å². The summed E-state index contributed by atoms with van der Waals surface area (Å²) in [6.45, 7) is 1.81. The highest BCUT2D eigenvalue weighted by Gasteiger charge is 2.44. The number of carbonyl (C=O) groups is 3. The number of carbonyl (C=O) groups excluding carboxylic acids is 3. The van der Waals surface area contributed by atoms with Crippen molar-refractivity contribution in [3.05, 3.63) is 90.4 Å². The van der Waals surface area contributed by atoms with Gasteiger partial charge in [0.05, 0.1) is 12.1 Å². The number of ketones is 1. The van der Waals surface area contributed by atoms with Crippen molar-refractivity contribution in [3.63, 3.8) is 0 Å². The van der Waals surface area contributed by atoms with E-state index in [2.05, 4.69) is 15.3 Å². The Morgan fingerprint density at radius 3 is 2.64 bits per heavy atom. The standard InChI is InChI=1S/C27H23N5O3S/c1-17(33)19-5-8-22(9-6-19)32-26(35)24(31(27(32)36)16-18-3-2-11-28-15-18)14-25(34)30-21-7-4-20-10-12-29-23(20)13-21/h2-13,15,24,29H,14,16H2,1H3,(H,30,34). The first-order valence-corrected chi connectivity index (χ1v) is 11.8. The van der Waals surface area contributed by atoms with Crippen LogP contribution in [-0.2, 0) is 16.1 Å². The number of amides is 2. The number of pyridine rings is 1. The minimum Gasteiger partial charge on any atom is -0.361 e. The van der Waals surface area contributed by atoms with Gasteiger partial charge in [0.1, 0.15) is 6.04 Å². The Hall–Kier alpha value is -4.37. The fourth-order valence-electron chi connectivity index (χ4n) is 4.30. The molecule has 1 aliphatic heterocycles. The molecule has 1 unspecified atom stereocenters. The lowest BCUT2D eigenvalue weighted by atomic mass is 10.1. The predicted octanol–water partition coefficient (Wildman–Crippen LogP) is 4.30. The van der Waals surface area contributed by atoms with E-state index in [1.54, 1.807) is 41.6 Å². The fraction of sp³-hybridized carbons (Fsp3) is 0.148. The quantitative estimate of drug-likeness (QED) is 0.292. The highest BCUT2D eigenvalue weighted by atomic mass is 32.1. The van der Waals surface area contributed by atoms with Crippen LogP contribution in [0.2, 0.25) is 0 Å². The first-order valence-electron chi connectivity index (χ1n) is 11.4. The summed E-state index contributed by atoms with van der Waals surface area (Å²) in [6.07, 6.45) is 5.14. The molecule has 2 aromatic heterocycles. The zero-order chi connectivity index (χ0) is 25.2. The average molecular weight is 498 g/mol. The molecule has 180 valence electrons. The smallest absolute Gasteiger partial charge is 0.256 e. The second-order valence-electron chi connectivity index (χ2n) is 8.60. The Kier molecular flexibility index (Phi) is 6.30. The number of H-pyrrole nitrogens is 1. The molecule has 8 nitrogen and oxygen atoms in total. The van der Waals surface area contributed by atoms with Crippen LogP contribution < -0.4 is 10.2 Å². The van der Waals surface area contributed by atoms with Crippen LogP contribution in [-0.4, -0.2) is 43.6 Å². The molecule has 1 aliphatic rings. The number of aromatic nitrogens is 2. The molecular formula is C27H23N5O3S. The maximum Gasteiger partial charge on any atom is 0.256 e. The molecule has 0 radical (unpaired) electrons. The van der Waals surface area contributed by atoms with Crippen molar-refractivity contribution in [3.8, 4) is 0 Å². The molecular weight excluding hydrogens is 474 g/mol. The van der Waals surface area contributed by atoms with Gasteiger partial charge in [0, 0.05) is 41.9 Å². The Bertz CT molecular complexity index is 1470. The highest BCUT2D eigenvalue weighted by Crippen LogP contribution is 2.29. The number of anilines is 2. The van der Waals surface area contributed by atoms with Crippen LogP contribution in [0, 0.1) is 0 Å². The number of hydrogen-bond donors (Lipinski definition) is 2. The number of fused-ring (bicyclic) bond motifs is 1. The van der Waals surface area contributed by atoms with Crippen molar-refractivity contribution in [2.45, 2.75) is 25.9 Å². The number of thiocarbonyl (C=S) groups is 1. The van der Waals surface area contributed by atoms with Crippen LogP contribution in [0.15, 0.2) is 79.3 Å². The minimum absolute atomic E-state index is 0.0674. The molecule has 0 bridgehead atoms. The third-order valence-corrected chi connectivity index (χ3v) is 6.56. The van der Waals surface area contributed by atoms with Gasteiger partial charge in [-0.3, -0.25) is 24.3 Å². The van der Waals surface area contributed by atoms with Crippen LogP contribution in [0.5, 0.6) is 0 Å². The summed E-state index contributed by atoms with van der Waals surface area (Å²) in [6, 6.07) is 17.2. The second kappa shape index (κ2) is 9.71. The lowest BCUT2D eigenvalue weighted by Crippen LogP contribution is -2.37. The van der Waals surface area contributed by atoms with Crippen molar-refractivity contribution in [1.82, 2.24) is 14.9 Å². The van der Waals surface area contributed by atoms with E-state index in [4.69, 9.17) is 12.2 Å².